The van der Waals surface area contributed by atoms with E-state index in [1.807, 2.05) is 19.9 Å². The van der Waals surface area contributed by atoms with Crippen LogP contribution < -0.4 is 0 Å². The number of alkyl halides is 1. The van der Waals surface area contributed by atoms with Gasteiger partial charge in [-0.25, -0.2) is 0 Å². The Morgan fingerprint density at radius 2 is 1.97 bits per heavy atom. The highest BCUT2D eigenvalue weighted by atomic mass is 35.5. The minimum absolute atomic E-state index is 0.0330. The van der Waals surface area contributed by atoms with Crippen molar-refractivity contribution in [1.82, 2.24) is 0 Å². The van der Waals surface area contributed by atoms with Crippen LogP contribution in [0.2, 0.25) is 0 Å². The van der Waals surface area contributed by atoms with Crippen molar-refractivity contribution in [3.05, 3.63) is 23.8 Å². The predicted octanol–water partition coefficient (Wildman–Crippen LogP) is 2.69. The molecule has 1 saturated heterocycles. The third-order valence-corrected chi connectivity index (χ3v) is 10.1. The lowest BCUT2D eigenvalue weighted by Gasteiger charge is -2.64. The standard InChI is InChI=1S/C24H31ClO6/c1-20(2)30-19-10-16-15-6-5-13-9-14(27)7-8-21(13,3)23(15,25)17(28)11-22(16,4)24(19,31-20)18(29)12-26/h7-9,15-17,19,26,28H,5-6,10-12H2,1-4H3/t15-,16-,17-,19+,21-,22-,23-,24?/m0/s1. The Morgan fingerprint density at radius 1 is 1.26 bits per heavy atom. The molecule has 3 saturated carbocycles. The van der Waals surface area contributed by atoms with Crippen molar-refractivity contribution in [2.75, 3.05) is 6.61 Å². The molecule has 4 fully saturated rings. The van der Waals surface area contributed by atoms with Gasteiger partial charge in [-0.3, -0.25) is 9.59 Å². The van der Waals surface area contributed by atoms with Gasteiger partial charge in [0, 0.05) is 10.8 Å². The monoisotopic (exact) mass is 450 g/mol. The third kappa shape index (κ3) is 2.38. The van der Waals surface area contributed by atoms with Crippen LogP contribution in [0.4, 0.5) is 0 Å². The number of hydrogen-bond acceptors (Lipinski definition) is 6. The molecule has 8 atom stereocenters. The number of aliphatic hydroxyl groups excluding tert-OH is 2. The van der Waals surface area contributed by atoms with E-state index in [0.717, 1.165) is 5.57 Å². The van der Waals surface area contributed by atoms with Gasteiger partial charge in [-0.1, -0.05) is 25.5 Å². The molecule has 1 heterocycles. The summed E-state index contributed by atoms with van der Waals surface area (Å²) < 4.78 is 12.5. The van der Waals surface area contributed by atoms with E-state index in [1.54, 1.807) is 26.0 Å². The Bertz CT molecular complexity index is 925. The van der Waals surface area contributed by atoms with Gasteiger partial charge in [0.25, 0.3) is 0 Å². The predicted molar refractivity (Wildman–Crippen MR) is 113 cm³/mol. The summed E-state index contributed by atoms with van der Waals surface area (Å²) in [6.45, 7) is 6.92. The average Bonchev–Trinajstić information content (AvgIpc) is 3.09. The van der Waals surface area contributed by atoms with Crippen LogP contribution in [0.1, 0.15) is 53.4 Å². The average molecular weight is 451 g/mol. The Balaban J connectivity index is 1.64. The Kier molecular flexibility index (Phi) is 4.42. The van der Waals surface area contributed by atoms with Crippen molar-refractivity contribution in [3.63, 3.8) is 0 Å². The fraction of sp³-hybridized carbons (Fsp3) is 0.750. The van der Waals surface area contributed by atoms with E-state index in [-0.39, 0.29) is 24.0 Å². The second-order valence-electron chi connectivity index (χ2n) is 10.9. The quantitative estimate of drug-likeness (QED) is 0.628. The summed E-state index contributed by atoms with van der Waals surface area (Å²) in [7, 11) is 0. The van der Waals surface area contributed by atoms with Gasteiger partial charge in [-0.2, -0.15) is 0 Å². The minimum atomic E-state index is -1.31. The molecule has 0 aromatic rings. The summed E-state index contributed by atoms with van der Waals surface area (Å²) in [4.78, 5) is 24.2. The molecule has 4 aliphatic carbocycles. The van der Waals surface area contributed by atoms with Crippen molar-refractivity contribution >= 4 is 23.2 Å². The zero-order valence-corrected chi connectivity index (χ0v) is 19.2. The number of ketones is 2. The summed E-state index contributed by atoms with van der Waals surface area (Å²) in [6, 6.07) is 0. The van der Waals surface area contributed by atoms with Crippen LogP contribution in [0.15, 0.2) is 23.8 Å². The molecular weight excluding hydrogens is 420 g/mol. The number of carbonyl (C=O) groups is 2. The highest BCUT2D eigenvalue weighted by Crippen LogP contribution is 2.72. The van der Waals surface area contributed by atoms with Crippen LogP contribution in [-0.2, 0) is 19.1 Å². The van der Waals surface area contributed by atoms with Crippen LogP contribution in [-0.4, -0.2) is 56.9 Å². The van der Waals surface area contributed by atoms with Crippen LogP contribution in [0.3, 0.4) is 0 Å². The molecule has 1 unspecified atom stereocenters. The number of ether oxygens (including phenoxy) is 2. The zero-order chi connectivity index (χ0) is 22.6. The molecule has 31 heavy (non-hydrogen) atoms. The number of Topliss-reactive ketones (excluding diaryl/α,β-unsaturated/α-hetero) is 1. The number of fused-ring (bicyclic) bond motifs is 7. The molecule has 0 amide bonds. The molecule has 0 spiro atoms. The van der Waals surface area contributed by atoms with Crippen molar-refractivity contribution in [2.24, 2.45) is 22.7 Å². The number of allylic oxidation sites excluding steroid dienone is 4. The molecule has 2 N–H and O–H groups in total. The Hall–Kier alpha value is -1.05. The molecule has 5 aliphatic rings. The van der Waals surface area contributed by atoms with E-state index in [4.69, 9.17) is 21.1 Å². The number of aliphatic hydroxyl groups is 2. The third-order valence-electron chi connectivity index (χ3n) is 9.19. The summed E-state index contributed by atoms with van der Waals surface area (Å²) in [5.74, 6) is -1.53. The molecule has 0 aromatic heterocycles. The molecular formula is C24H31ClO6. The van der Waals surface area contributed by atoms with Crippen LogP contribution >= 0.6 is 11.6 Å². The first-order chi connectivity index (χ1) is 14.4. The highest BCUT2D eigenvalue weighted by Gasteiger charge is 2.79. The maximum Gasteiger partial charge on any atom is 0.193 e. The lowest BCUT2D eigenvalue weighted by Crippen LogP contribution is -2.69. The molecule has 6 nitrogen and oxygen atoms in total. The molecule has 0 bridgehead atoms. The summed E-state index contributed by atoms with van der Waals surface area (Å²) >= 11 is 7.42. The van der Waals surface area contributed by atoms with Crippen LogP contribution in [0, 0.1) is 22.7 Å². The summed E-state index contributed by atoms with van der Waals surface area (Å²) in [5.41, 5.74) is -1.75. The van der Waals surface area contributed by atoms with Crippen LogP contribution in [0.5, 0.6) is 0 Å². The van der Waals surface area contributed by atoms with E-state index in [0.29, 0.717) is 19.3 Å². The first kappa shape index (κ1) is 21.8. The van der Waals surface area contributed by atoms with Crippen molar-refractivity contribution < 1.29 is 29.3 Å². The molecule has 0 aromatic carbocycles. The van der Waals surface area contributed by atoms with Gasteiger partial charge in [0.1, 0.15) is 6.61 Å². The lowest BCUT2D eigenvalue weighted by molar-refractivity contribution is -0.222. The summed E-state index contributed by atoms with van der Waals surface area (Å²) in [5, 5.41) is 21.5. The Morgan fingerprint density at radius 3 is 2.65 bits per heavy atom. The zero-order valence-electron chi connectivity index (χ0n) is 18.5. The second kappa shape index (κ2) is 6.29. The largest absolute Gasteiger partial charge is 0.391 e. The first-order valence-corrected chi connectivity index (χ1v) is 11.6. The van der Waals surface area contributed by atoms with Gasteiger partial charge in [0.2, 0.25) is 0 Å². The van der Waals surface area contributed by atoms with Gasteiger partial charge in [0.15, 0.2) is 23.0 Å². The van der Waals surface area contributed by atoms with E-state index in [9.17, 15) is 19.8 Å². The first-order valence-electron chi connectivity index (χ1n) is 11.2. The SMILES string of the molecule is CC1(C)O[C@@H]2C[C@H]3[C@@H]4CCC5=CC(=O)C=C[C@]5(C)[C@@]4(Cl)[C@@H](O)C[C@]3(C)C2(C(=O)CO)O1. The van der Waals surface area contributed by atoms with Gasteiger partial charge < -0.3 is 19.7 Å². The van der Waals surface area contributed by atoms with E-state index < -0.39 is 51.7 Å². The van der Waals surface area contributed by atoms with Crippen molar-refractivity contribution in [3.8, 4) is 0 Å². The minimum Gasteiger partial charge on any atom is -0.391 e. The molecule has 5 rings (SSSR count). The van der Waals surface area contributed by atoms with Crippen LogP contribution in [0.25, 0.3) is 0 Å². The van der Waals surface area contributed by atoms with Gasteiger partial charge >= 0.3 is 0 Å². The van der Waals surface area contributed by atoms with E-state index >= 15 is 0 Å². The maximum absolute atomic E-state index is 13.2. The topological polar surface area (TPSA) is 93.1 Å². The van der Waals surface area contributed by atoms with Gasteiger partial charge in [-0.05, 0) is 63.5 Å². The normalized spacial score (nSPS) is 52.1. The smallest absolute Gasteiger partial charge is 0.193 e. The maximum atomic E-state index is 13.2. The highest BCUT2D eigenvalue weighted by molar-refractivity contribution is 6.26. The number of carbonyl (C=O) groups excluding carboxylic acids is 2. The summed E-state index contributed by atoms with van der Waals surface area (Å²) in [6.07, 6.45) is 5.89. The van der Waals surface area contributed by atoms with Crippen molar-refractivity contribution in [2.45, 2.75) is 81.8 Å². The van der Waals surface area contributed by atoms with E-state index in [2.05, 4.69) is 0 Å². The molecule has 0 radical (unpaired) electrons. The van der Waals surface area contributed by atoms with Gasteiger partial charge in [0.05, 0.1) is 17.1 Å². The van der Waals surface area contributed by atoms with E-state index in [1.165, 1.54) is 0 Å². The number of hydrogen-bond donors (Lipinski definition) is 2. The molecule has 1 aliphatic heterocycles. The second-order valence-corrected chi connectivity index (χ2v) is 11.6. The number of rotatable bonds is 2. The number of halogens is 1. The van der Waals surface area contributed by atoms with Crippen molar-refractivity contribution in [1.29, 1.82) is 0 Å². The fourth-order valence-corrected chi connectivity index (χ4v) is 8.45. The molecule has 7 heteroatoms. The van der Waals surface area contributed by atoms with Gasteiger partial charge in [-0.15, -0.1) is 11.6 Å². The lowest BCUT2D eigenvalue weighted by atomic mass is 9.45. The fourth-order valence-electron chi connectivity index (χ4n) is 7.93. The Labute approximate surface area is 187 Å². The molecule has 170 valence electrons.